The summed E-state index contributed by atoms with van der Waals surface area (Å²) in [6.07, 6.45) is 5.01. The smallest absolute Gasteiger partial charge is 0.273 e. The molecule has 0 fully saturated rings. The van der Waals surface area contributed by atoms with Gasteiger partial charge >= 0.3 is 0 Å². The lowest BCUT2D eigenvalue weighted by Gasteiger charge is -2.07. The van der Waals surface area contributed by atoms with E-state index in [1.807, 2.05) is 24.3 Å². The summed E-state index contributed by atoms with van der Waals surface area (Å²) in [6, 6.07) is 9.19. The maximum atomic E-state index is 11.9. The van der Waals surface area contributed by atoms with Crippen LogP contribution in [0.4, 0.5) is 5.69 Å². The van der Waals surface area contributed by atoms with Crippen LogP contribution in [0.25, 0.3) is 10.8 Å². The molecule has 2 heterocycles. The second-order valence-corrected chi connectivity index (χ2v) is 3.83. The van der Waals surface area contributed by atoms with E-state index in [-0.39, 0.29) is 5.91 Å². The molecule has 0 saturated carbocycles. The highest BCUT2D eigenvalue weighted by atomic mass is 16.1. The minimum atomic E-state index is -0.211. The van der Waals surface area contributed by atoms with E-state index in [0.717, 1.165) is 16.5 Å². The number of aromatic amines is 1. The Morgan fingerprint density at radius 3 is 2.94 bits per heavy atom. The molecule has 3 aromatic rings. The molecule has 0 atom stereocenters. The molecule has 0 radical (unpaired) electrons. The number of aromatic nitrogens is 3. The molecule has 0 aliphatic rings. The monoisotopic (exact) mass is 238 g/mol. The third kappa shape index (κ3) is 1.82. The summed E-state index contributed by atoms with van der Waals surface area (Å²) in [6.45, 7) is 0. The number of rotatable bonds is 2. The van der Waals surface area contributed by atoms with Crippen LogP contribution in [-0.4, -0.2) is 21.1 Å². The molecule has 0 unspecified atom stereocenters. The number of H-pyrrole nitrogens is 1. The van der Waals surface area contributed by atoms with Crippen molar-refractivity contribution in [1.29, 1.82) is 0 Å². The van der Waals surface area contributed by atoms with Gasteiger partial charge in [-0.3, -0.25) is 14.9 Å². The molecule has 88 valence electrons. The maximum Gasteiger partial charge on any atom is 0.273 e. The molecule has 18 heavy (non-hydrogen) atoms. The third-order valence-electron chi connectivity index (χ3n) is 2.67. The summed E-state index contributed by atoms with van der Waals surface area (Å²) in [5, 5.41) is 11.2. The number of hydrogen-bond acceptors (Lipinski definition) is 3. The van der Waals surface area contributed by atoms with Crippen molar-refractivity contribution in [1.82, 2.24) is 15.2 Å². The number of amides is 1. The van der Waals surface area contributed by atoms with Crippen molar-refractivity contribution in [3.8, 4) is 0 Å². The van der Waals surface area contributed by atoms with Crippen LogP contribution in [-0.2, 0) is 0 Å². The van der Waals surface area contributed by atoms with E-state index < -0.39 is 0 Å². The van der Waals surface area contributed by atoms with Gasteiger partial charge in [-0.25, -0.2) is 0 Å². The lowest BCUT2D eigenvalue weighted by atomic mass is 10.1. The number of nitrogens with one attached hydrogen (secondary N) is 2. The second-order valence-electron chi connectivity index (χ2n) is 3.83. The van der Waals surface area contributed by atoms with Gasteiger partial charge in [-0.15, -0.1) is 0 Å². The first-order chi connectivity index (χ1) is 8.84. The Hall–Kier alpha value is -2.69. The van der Waals surface area contributed by atoms with Gasteiger partial charge < -0.3 is 5.32 Å². The molecule has 0 saturated heterocycles. The van der Waals surface area contributed by atoms with Crippen molar-refractivity contribution in [2.75, 3.05) is 5.32 Å². The van der Waals surface area contributed by atoms with Crippen molar-refractivity contribution < 1.29 is 4.79 Å². The molecule has 0 aliphatic heterocycles. The predicted octanol–water partition coefficient (Wildman–Crippen LogP) is 2.21. The average Bonchev–Trinajstić information content (AvgIpc) is 2.93. The van der Waals surface area contributed by atoms with Crippen LogP contribution in [0, 0.1) is 0 Å². The molecular formula is C13H10N4O. The van der Waals surface area contributed by atoms with Crippen molar-refractivity contribution in [2.24, 2.45) is 0 Å². The largest absolute Gasteiger partial charge is 0.320 e. The highest BCUT2D eigenvalue weighted by molar-refractivity contribution is 6.08. The Labute approximate surface area is 103 Å². The van der Waals surface area contributed by atoms with E-state index in [4.69, 9.17) is 0 Å². The number of anilines is 1. The maximum absolute atomic E-state index is 11.9. The first-order valence-electron chi connectivity index (χ1n) is 5.48. The summed E-state index contributed by atoms with van der Waals surface area (Å²) < 4.78 is 0. The average molecular weight is 238 g/mol. The molecule has 2 N–H and O–H groups in total. The Morgan fingerprint density at radius 1 is 1.17 bits per heavy atom. The lowest BCUT2D eigenvalue weighted by Crippen LogP contribution is -2.12. The number of carbonyl (C=O) groups excluding carboxylic acids is 1. The van der Waals surface area contributed by atoms with E-state index in [0.29, 0.717) is 5.69 Å². The minimum absolute atomic E-state index is 0.211. The zero-order chi connectivity index (χ0) is 12.4. The Balaban J connectivity index is 1.98. The van der Waals surface area contributed by atoms with Gasteiger partial charge in [-0.2, -0.15) is 5.10 Å². The quantitative estimate of drug-likeness (QED) is 0.719. The number of carbonyl (C=O) groups is 1. The number of fused-ring (bicyclic) bond motifs is 1. The van der Waals surface area contributed by atoms with Gasteiger partial charge in [0.1, 0.15) is 5.69 Å². The minimum Gasteiger partial charge on any atom is -0.320 e. The summed E-state index contributed by atoms with van der Waals surface area (Å²) in [5.74, 6) is -0.211. The zero-order valence-corrected chi connectivity index (χ0v) is 9.42. The Kier molecular flexibility index (Phi) is 2.49. The van der Waals surface area contributed by atoms with Crippen LogP contribution >= 0.6 is 0 Å². The van der Waals surface area contributed by atoms with Crippen molar-refractivity contribution >= 4 is 22.4 Å². The molecule has 5 nitrogen and oxygen atoms in total. The van der Waals surface area contributed by atoms with Crippen molar-refractivity contribution in [2.45, 2.75) is 0 Å². The predicted molar refractivity (Wildman–Crippen MR) is 68.3 cm³/mol. The molecule has 2 aromatic heterocycles. The van der Waals surface area contributed by atoms with Crippen molar-refractivity contribution in [3.05, 3.63) is 54.6 Å². The van der Waals surface area contributed by atoms with E-state index in [1.165, 1.54) is 0 Å². The molecule has 3 rings (SSSR count). The molecular weight excluding hydrogens is 228 g/mol. The second kappa shape index (κ2) is 4.29. The van der Waals surface area contributed by atoms with Gasteiger partial charge in [0.05, 0.1) is 0 Å². The van der Waals surface area contributed by atoms with Crippen LogP contribution in [0.2, 0.25) is 0 Å². The van der Waals surface area contributed by atoms with Crippen LogP contribution in [0.15, 0.2) is 48.9 Å². The van der Waals surface area contributed by atoms with Gasteiger partial charge in [0.15, 0.2) is 0 Å². The summed E-state index contributed by atoms with van der Waals surface area (Å²) >= 11 is 0. The Morgan fingerprint density at radius 2 is 2.11 bits per heavy atom. The number of hydrogen-bond donors (Lipinski definition) is 2. The number of nitrogens with zero attached hydrogens (tertiary/aromatic N) is 2. The summed E-state index contributed by atoms with van der Waals surface area (Å²) in [7, 11) is 0. The lowest BCUT2D eigenvalue weighted by molar-refractivity contribution is 0.102. The fourth-order valence-corrected chi connectivity index (χ4v) is 1.80. The van der Waals surface area contributed by atoms with Gasteiger partial charge in [0.25, 0.3) is 5.91 Å². The van der Waals surface area contributed by atoms with E-state index >= 15 is 0 Å². The number of pyridine rings is 1. The molecule has 1 aromatic carbocycles. The topological polar surface area (TPSA) is 70.7 Å². The van der Waals surface area contributed by atoms with Gasteiger partial charge in [-0.1, -0.05) is 12.1 Å². The van der Waals surface area contributed by atoms with E-state index in [2.05, 4.69) is 20.5 Å². The highest BCUT2D eigenvalue weighted by Crippen LogP contribution is 2.22. The fraction of sp³-hybridized carbons (Fsp3) is 0. The molecule has 0 bridgehead atoms. The molecule has 0 spiro atoms. The van der Waals surface area contributed by atoms with Gasteiger partial charge in [-0.05, 0) is 18.2 Å². The normalized spacial score (nSPS) is 10.4. The summed E-state index contributed by atoms with van der Waals surface area (Å²) in [4.78, 5) is 16.0. The van der Waals surface area contributed by atoms with Crippen molar-refractivity contribution in [3.63, 3.8) is 0 Å². The SMILES string of the molecule is O=C(Nc1cccc2cnccc12)c1ccn[nH]1. The van der Waals surface area contributed by atoms with Crippen LogP contribution in [0.5, 0.6) is 0 Å². The van der Waals surface area contributed by atoms with Gasteiger partial charge in [0.2, 0.25) is 0 Å². The van der Waals surface area contributed by atoms with E-state index in [9.17, 15) is 4.79 Å². The standard InChI is InChI=1S/C13H10N4O/c18-13(12-5-7-15-17-12)16-11-3-1-2-9-8-14-6-4-10(9)11/h1-8H,(H,15,17)(H,16,18). The molecule has 1 amide bonds. The number of benzene rings is 1. The van der Waals surface area contributed by atoms with Crippen LogP contribution in [0.1, 0.15) is 10.5 Å². The zero-order valence-electron chi connectivity index (χ0n) is 9.42. The van der Waals surface area contributed by atoms with E-state index in [1.54, 1.807) is 24.7 Å². The van der Waals surface area contributed by atoms with Crippen LogP contribution < -0.4 is 5.32 Å². The third-order valence-corrected chi connectivity index (χ3v) is 2.67. The first-order valence-corrected chi connectivity index (χ1v) is 5.48. The molecule has 5 heteroatoms. The molecule has 0 aliphatic carbocycles. The fourth-order valence-electron chi connectivity index (χ4n) is 1.80. The Bertz CT molecular complexity index is 686. The summed E-state index contributed by atoms with van der Waals surface area (Å²) in [5.41, 5.74) is 1.19. The first kappa shape index (κ1) is 10.5. The highest BCUT2D eigenvalue weighted by Gasteiger charge is 2.08. The van der Waals surface area contributed by atoms with Gasteiger partial charge in [0, 0.05) is 35.1 Å². The van der Waals surface area contributed by atoms with Crippen LogP contribution in [0.3, 0.4) is 0 Å².